The molecule has 102 valence electrons. The van der Waals surface area contributed by atoms with Gasteiger partial charge in [-0.1, -0.05) is 13.0 Å². The topological polar surface area (TPSA) is 49.4 Å². The normalized spacial score (nSPS) is 19.6. The van der Waals surface area contributed by atoms with Crippen molar-refractivity contribution in [1.82, 2.24) is 5.32 Å². The number of carbonyl (C=O) groups is 2. The van der Waals surface area contributed by atoms with Gasteiger partial charge in [0.05, 0.1) is 5.69 Å². The van der Waals surface area contributed by atoms with Gasteiger partial charge in [-0.3, -0.25) is 14.5 Å². The Labute approximate surface area is 121 Å². The standard InChI is InChI=1S/C14H17BrN2O2/c1-4-11-14(19)17(7-12(18)16-11)13-9(3)5-8(2)6-10(13)15/h5-6,11H,4,7H2,1-3H3,(H,16,18). The first-order chi connectivity index (χ1) is 8.93. The van der Waals surface area contributed by atoms with Crippen molar-refractivity contribution in [3.05, 3.63) is 27.7 Å². The fourth-order valence-electron chi connectivity index (χ4n) is 2.43. The zero-order valence-corrected chi connectivity index (χ0v) is 12.9. The number of aryl methyl sites for hydroxylation is 2. The van der Waals surface area contributed by atoms with Gasteiger partial charge < -0.3 is 5.32 Å². The molecule has 0 radical (unpaired) electrons. The summed E-state index contributed by atoms with van der Waals surface area (Å²) in [5.74, 6) is -0.159. The van der Waals surface area contributed by atoms with Crippen molar-refractivity contribution in [2.45, 2.75) is 33.2 Å². The summed E-state index contributed by atoms with van der Waals surface area (Å²) in [6.45, 7) is 5.93. The Hall–Kier alpha value is -1.36. The van der Waals surface area contributed by atoms with Crippen LogP contribution in [-0.4, -0.2) is 24.4 Å². The van der Waals surface area contributed by atoms with Crippen LogP contribution >= 0.6 is 15.9 Å². The number of nitrogens with one attached hydrogen (secondary N) is 1. The Kier molecular flexibility index (Phi) is 3.94. The van der Waals surface area contributed by atoms with Crippen LogP contribution in [0.1, 0.15) is 24.5 Å². The van der Waals surface area contributed by atoms with Gasteiger partial charge in [0, 0.05) is 4.47 Å². The van der Waals surface area contributed by atoms with E-state index in [4.69, 9.17) is 0 Å². The number of benzene rings is 1. The molecular formula is C14H17BrN2O2. The van der Waals surface area contributed by atoms with Crippen molar-refractivity contribution in [2.75, 3.05) is 11.4 Å². The van der Waals surface area contributed by atoms with Crippen molar-refractivity contribution in [2.24, 2.45) is 0 Å². The first kappa shape index (κ1) is 14.1. The van der Waals surface area contributed by atoms with Crippen LogP contribution in [0.4, 0.5) is 5.69 Å². The summed E-state index contributed by atoms with van der Waals surface area (Å²) in [5, 5.41) is 2.72. The maximum absolute atomic E-state index is 12.4. The number of hydrogen-bond donors (Lipinski definition) is 1. The van der Waals surface area contributed by atoms with E-state index in [1.807, 2.05) is 32.9 Å². The van der Waals surface area contributed by atoms with E-state index in [0.29, 0.717) is 6.42 Å². The Morgan fingerprint density at radius 1 is 1.37 bits per heavy atom. The molecule has 1 unspecified atom stereocenters. The van der Waals surface area contributed by atoms with Crippen molar-refractivity contribution in [3.63, 3.8) is 0 Å². The fraction of sp³-hybridized carbons (Fsp3) is 0.429. The third-order valence-electron chi connectivity index (χ3n) is 3.28. The number of anilines is 1. The molecule has 1 heterocycles. The molecule has 2 rings (SSSR count). The van der Waals surface area contributed by atoms with Crippen LogP contribution in [0, 0.1) is 13.8 Å². The summed E-state index contributed by atoms with van der Waals surface area (Å²) in [6, 6.07) is 3.55. The van der Waals surface area contributed by atoms with Crippen LogP contribution in [-0.2, 0) is 9.59 Å². The lowest BCUT2D eigenvalue weighted by atomic mass is 10.1. The minimum absolute atomic E-state index is 0.0465. The number of amides is 2. The molecule has 1 aromatic carbocycles. The average Bonchev–Trinajstić information content (AvgIpc) is 2.31. The highest BCUT2D eigenvalue weighted by Crippen LogP contribution is 2.32. The van der Waals surface area contributed by atoms with Crippen molar-refractivity contribution in [1.29, 1.82) is 0 Å². The van der Waals surface area contributed by atoms with Gasteiger partial charge in [0.25, 0.3) is 0 Å². The van der Waals surface area contributed by atoms with Gasteiger partial charge >= 0.3 is 0 Å². The zero-order valence-electron chi connectivity index (χ0n) is 11.3. The third-order valence-corrected chi connectivity index (χ3v) is 3.88. The average molecular weight is 325 g/mol. The predicted molar refractivity (Wildman–Crippen MR) is 78.2 cm³/mol. The number of rotatable bonds is 2. The number of halogens is 1. The first-order valence-corrected chi connectivity index (χ1v) is 7.10. The van der Waals surface area contributed by atoms with E-state index < -0.39 is 6.04 Å². The molecule has 1 N–H and O–H groups in total. The number of hydrogen-bond acceptors (Lipinski definition) is 2. The SMILES string of the molecule is CCC1NC(=O)CN(c2c(C)cc(C)cc2Br)C1=O. The van der Waals surface area contributed by atoms with Gasteiger partial charge in [-0.05, 0) is 53.4 Å². The molecule has 0 spiro atoms. The lowest BCUT2D eigenvalue weighted by Gasteiger charge is -2.33. The molecule has 2 amide bonds. The van der Waals surface area contributed by atoms with Crippen LogP contribution in [0.2, 0.25) is 0 Å². The van der Waals surface area contributed by atoms with E-state index in [2.05, 4.69) is 21.2 Å². The fourth-order valence-corrected chi connectivity index (χ4v) is 3.32. The number of carbonyl (C=O) groups excluding carboxylic acids is 2. The molecule has 4 nitrogen and oxygen atoms in total. The minimum Gasteiger partial charge on any atom is -0.343 e. The monoisotopic (exact) mass is 324 g/mol. The van der Waals surface area contributed by atoms with Crippen molar-refractivity contribution >= 4 is 33.4 Å². The molecule has 5 heteroatoms. The first-order valence-electron chi connectivity index (χ1n) is 6.31. The van der Waals surface area contributed by atoms with E-state index in [-0.39, 0.29) is 18.4 Å². The van der Waals surface area contributed by atoms with Crippen LogP contribution in [0.5, 0.6) is 0 Å². The maximum atomic E-state index is 12.4. The summed E-state index contributed by atoms with van der Waals surface area (Å²) in [7, 11) is 0. The second-order valence-electron chi connectivity index (χ2n) is 4.86. The summed E-state index contributed by atoms with van der Waals surface area (Å²) in [4.78, 5) is 25.7. The molecule has 19 heavy (non-hydrogen) atoms. The molecule has 0 aliphatic carbocycles. The van der Waals surface area contributed by atoms with Crippen LogP contribution in [0.3, 0.4) is 0 Å². The van der Waals surface area contributed by atoms with E-state index >= 15 is 0 Å². The molecule has 1 saturated heterocycles. The highest BCUT2D eigenvalue weighted by molar-refractivity contribution is 9.10. The Morgan fingerprint density at radius 3 is 2.63 bits per heavy atom. The van der Waals surface area contributed by atoms with E-state index in [9.17, 15) is 9.59 Å². The molecule has 1 atom stereocenters. The number of piperazine rings is 1. The summed E-state index contributed by atoms with van der Waals surface area (Å²) >= 11 is 3.50. The van der Waals surface area contributed by atoms with Crippen LogP contribution < -0.4 is 10.2 Å². The quantitative estimate of drug-likeness (QED) is 0.907. The molecular weight excluding hydrogens is 308 g/mol. The molecule has 0 saturated carbocycles. The highest BCUT2D eigenvalue weighted by atomic mass is 79.9. The lowest BCUT2D eigenvalue weighted by molar-refractivity contribution is -0.131. The molecule has 0 aromatic heterocycles. The Morgan fingerprint density at radius 2 is 2.05 bits per heavy atom. The molecule has 1 aliphatic rings. The van der Waals surface area contributed by atoms with Crippen molar-refractivity contribution in [3.8, 4) is 0 Å². The smallest absolute Gasteiger partial charge is 0.250 e. The van der Waals surface area contributed by atoms with Gasteiger partial charge in [0.2, 0.25) is 11.8 Å². The summed E-state index contributed by atoms with van der Waals surface area (Å²) in [5.41, 5.74) is 2.91. The lowest BCUT2D eigenvalue weighted by Crippen LogP contribution is -2.58. The van der Waals surface area contributed by atoms with E-state index in [0.717, 1.165) is 21.3 Å². The largest absolute Gasteiger partial charge is 0.343 e. The van der Waals surface area contributed by atoms with Crippen molar-refractivity contribution < 1.29 is 9.59 Å². The minimum atomic E-state index is -0.422. The Balaban J connectivity index is 2.45. The second-order valence-corrected chi connectivity index (χ2v) is 5.72. The highest BCUT2D eigenvalue weighted by Gasteiger charge is 2.33. The van der Waals surface area contributed by atoms with E-state index in [1.165, 1.54) is 0 Å². The Bertz CT molecular complexity index is 519. The number of nitrogens with zero attached hydrogens (tertiary/aromatic N) is 1. The predicted octanol–water partition coefficient (Wildman–Crippen LogP) is 2.31. The van der Waals surface area contributed by atoms with Gasteiger partial charge in [0.1, 0.15) is 12.6 Å². The maximum Gasteiger partial charge on any atom is 0.250 e. The van der Waals surface area contributed by atoms with Gasteiger partial charge in [-0.15, -0.1) is 0 Å². The molecule has 1 aliphatic heterocycles. The second kappa shape index (κ2) is 5.33. The summed E-state index contributed by atoms with van der Waals surface area (Å²) < 4.78 is 0.850. The van der Waals surface area contributed by atoms with Crippen LogP contribution in [0.25, 0.3) is 0 Å². The summed E-state index contributed by atoms with van der Waals surface area (Å²) in [6.07, 6.45) is 0.601. The third kappa shape index (κ3) is 2.66. The zero-order chi connectivity index (χ0) is 14.2. The van der Waals surface area contributed by atoms with E-state index in [1.54, 1.807) is 4.90 Å². The molecule has 1 aromatic rings. The molecule has 0 bridgehead atoms. The molecule has 1 fully saturated rings. The van der Waals surface area contributed by atoms with Crippen LogP contribution in [0.15, 0.2) is 16.6 Å². The van der Waals surface area contributed by atoms with Gasteiger partial charge in [-0.25, -0.2) is 0 Å². The van der Waals surface area contributed by atoms with Gasteiger partial charge in [0.15, 0.2) is 0 Å². The van der Waals surface area contributed by atoms with Gasteiger partial charge in [-0.2, -0.15) is 0 Å².